The maximum Gasteiger partial charge on any atom is 0.317 e. The van der Waals surface area contributed by atoms with Crippen molar-refractivity contribution in [3.05, 3.63) is 0 Å². The summed E-state index contributed by atoms with van der Waals surface area (Å²) in [5.74, 6) is -0.584. The molecule has 2 fully saturated rings. The van der Waals surface area contributed by atoms with E-state index >= 15 is 0 Å². The summed E-state index contributed by atoms with van der Waals surface area (Å²) in [6, 6.07) is -0.0336. The fraction of sp³-hybridized carbons (Fsp3) is 0.867. The van der Waals surface area contributed by atoms with E-state index in [1.807, 2.05) is 13.8 Å². The largest absolute Gasteiger partial charge is 0.481 e. The molecule has 0 aliphatic carbocycles. The Bertz CT molecular complexity index is 382. The van der Waals surface area contributed by atoms with Crippen LogP contribution in [0.15, 0.2) is 0 Å². The third-order valence-corrected chi connectivity index (χ3v) is 4.62. The minimum Gasteiger partial charge on any atom is -0.481 e. The summed E-state index contributed by atoms with van der Waals surface area (Å²) in [5.41, 5.74) is 0. The maximum atomic E-state index is 12.4. The number of urea groups is 1. The number of hydrogen-bond donors (Lipinski definition) is 2. The first-order chi connectivity index (χ1) is 9.97. The van der Waals surface area contributed by atoms with Crippen LogP contribution >= 0.6 is 0 Å². The van der Waals surface area contributed by atoms with Crippen LogP contribution in [-0.2, 0) is 9.53 Å². The molecule has 0 radical (unpaired) electrons. The van der Waals surface area contributed by atoms with Crippen LogP contribution in [0, 0.1) is 17.8 Å². The normalized spacial score (nSPS) is 29.0. The van der Waals surface area contributed by atoms with Crippen LogP contribution in [0.1, 0.15) is 33.1 Å². The van der Waals surface area contributed by atoms with Crippen molar-refractivity contribution in [3.63, 3.8) is 0 Å². The monoisotopic (exact) mass is 298 g/mol. The smallest absolute Gasteiger partial charge is 0.317 e. The van der Waals surface area contributed by atoms with Gasteiger partial charge in [-0.15, -0.1) is 0 Å². The average molecular weight is 298 g/mol. The Labute approximate surface area is 125 Å². The zero-order chi connectivity index (χ0) is 15.4. The van der Waals surface area contributed by atoms with E-state index in [1.54, 1.807) is 4.90 Å². The van der Waals surface area contributed by atoms with Gasteiger partial charge in [-0.3, -0.25) is 4.79 Å². The molecule has 120 valence electrons. The molecule has 2 heterocycles. The summed E-state index contributed by atoms with van der Waals surface area (Å²) in [6.45, 7) is 6.48. The Morgan fingerprint density at radius 3 is 2.57 bits per heavy atom. The molecule has 2 amide bonds. The lowest BCUT2D eigenvalue weighted by molar-refractivity contribution is -0.143. The summed E-state index contributed by atoms with van der Waals surface area (Å²) < 4.78 is 5.34. The first-order valence-electron chi connectivity index (χ1n) is 7.83. The molecule has 2 rings (SSSR count). The fourth-order valence-electron chi connectivity index (χ4n) is 3.32. The van der Waals surface area contributed by atoms with Gasteiger partial charge in [0.15, 0.2) is 0 Å². The van der Waals surface area contributed by atoms with Crippen LogP contribution in [0.2, 0.25) is 0 Å². The second-order valence-corrected chi connectivity index (χ2v) is 6.47. The van der Waals surface area contributed by atoms with Gasteiger partial charge in [-0.1, -0.05) is 6.92 Å². The Hall–Kier alpha value is -1.30. The van der Waals surface area contributed by atoms with Gasteiger partial charge in [0.2, 0.25) is 0 Å². The zero-order valence-electron chi connectivity index (χ0n) is 12.9. The lowest BCUT2D eigenvalue weighted by Gasteiger charge is -2.36. The second kappa shape index (κ2) is 7.11. The number of carbonyl (C=O) groups is 2. The summed E-state index contributed by atoms with van der Waals surface area (Å²) in [7, 11) is 0. The first kappa shape index (κ1) is 16.1. The molecule has 0 aromatic carbocycles. The predicted molar refractivity (Wildman–Crippen MR) is 78.0 cm³/mol. The van der Waals surface area contributed by atoms with E-state index in [9.17, 15) is 9.59 Å². The van der Waals surface area contributed by atoms with Crippen LogP contribution in [-0.4, -0.2) is 54.4 Å². The first-order valence-corrected chi connectivity index (χ1v) is 7.83. The highest BCUT2D eigenvalue weighted by molar-refractivity contribution is 5.76. The summed E-state index contributed by atoms with van der Waals surface area (Å²) >= 11 is 0. The van der Waals surface area contributed by atoms with E-state index < -0.39 is 11.9 Å². The van der Waals surface area contributed by atoms with Gasteiger partial charge >= 0.3 is 12.0 Å². The van der Waals surface area contributed by atoms with E-state index in [0.29, 0.717) is 25.4 Å². The molecule has 3 unspecified atom stereocenters. The van der Waals surface area contributed by atoms with Crippen LogP contribution in [0.4, 0.5) is 4.79 Å². The van der Waals surface area contributed by atoms with Gasteiger partial charge in [-0.05, 0) is 38.0 Å². The Morgan fingerprint density at radius 1 is 1.29 bits per heavy atom. The number of nitrogens with one attached hydrogen (secondary N) is 1. The highest BCUT2D eigenvalue weighted by atomic mass is 16.5. The van der Waals surface area contributed by atoms with Crippen molar-refractivity contribution in [2.45, 2.75) is 39.2 Å². The van der Waals surface area contributed by atoms with Crippen molar-refractivity contribution in [1.29, 1.82) is 0 Å². The van der Waals surface area contributed by atoms with E-state index in [-0.39, 0.29) is 18.0 Å². The average Bonchev–Trinajstić information content (AvgIpc) is 2.47. The molecule has 0 spiro atoms. The van der Waals surface area contributed by atoms with Crippen LogP contribution in [0.3, 0.4) is 0 Å². The molecule has 0 aromatic rings. The third kappa shape index (κ3) is 4.33. The molecule has 2 aliphatic rings. The lowest BCUT2D eigenvalue weighted by Crippen LogP contribution is -2.52. The van der Waals surface area contributed by atoms with Crippen molar-refractivity contribution < 1.29 is 19.4 Å². The van der Waals surface area contributed by atoms with Gasteiger partial charge in [-0.25, -0.2) is 4.79 Å². The third-order valence-electron chi connectivity index (χ3n) is 4.62. The molecule has 2 aliphatic heterocycles. The molecule has 21 heavy (non-hydrogen) atoms. The number of carboxylic acid groups (broad SMARTS) is 1. The number of amides is 2. The van der Waals surface area contributed by atoms with E-state index in [0.717, 1.165) is 26.1 Å². The lowest BCUT2D eigenvalue weighted by atomic mass is 9.90. The molecular formula is C15H26N2O4. The van der Waals surface area contributed by atoms with Crippen molar-refractivity contribution in [2.24, 2.45) is 17.8 Å². The number of nitrogens with zero attached hydrogens (tertiary/aromatic N) is 1. The number of carboxylic acids is 1. The van der Waals surface area contributed by atoms with E-state index in [4.69, 9.17) is 9.84 Å². The fourth-order valence-corrected chi connectivity index (χ4v) is 3.32. The number of ether oxygens (including phenoxy) is 1. The number of carbonyl (C=O) groups excluding carboxylic acids is 1. The summed E-state index contributed by atoms with van der Waals surface area (Å²) in [5, 5.41) is 12.2. The zero-order valence-corrected chi connectivity index (χ0v) is 12.9. The molecule has 6 heteroatoms. The van der Waals surface area contributed by atoms with E-state index in [1.165, 1.54) is 0 Å². The van der Waals surface area contributed by atoms with E-state index in [2.05, 4.69) is 5.32 Å². The number of likely N-dealkylation sites (tertiary alicyclic amines) is 1. The highest BCUT2D eigenvalue weighted by Crippen LogP contribution is 2.23. The van der Waals surface area contributed by atoms with Crippen molar-refractivity contribution >= 4 is 12.0 Å². The topological polar surface area (TPSA) is 78.9 Å². The Kier molecular flexibility index (Phi) is 5.45. The molecule has 6 nitrogen and oxygen atoms in total. The number of piperidine rings is 1. The summed E-state index contributed by atoms with van der Waals surface area (Å²) in [4.78, 5) is 25.2. The van der Waals surface area contributed by atoms with Crippen molar-refractivity contribution in [1.82, 2.24) is 10.2 Å². The molecule has 2 saturated heterocycles. The molecule has 3 atom stereocenters. The minimum atomic E-state index is -0.808. The molecule has 0 saturated carbocycles. The standard InChI is InChI=1S/C15H26N2O4/c1-10-7-13(14(18)19)9-17(8-10)15(20)16-11(2)12-3-5-21-6-4-12/h10-13H,3-9H2,1-2H3,(H,16,20)(H,18,19). The number of hydrogen-bond acceptors (Lipinski definition) is 3. The Balaban J connectivity index is 1.87. The highest BCUT2D eigenvalue weighted by Gasteiger charge is 2.33. The number of aliphatic carboxylic acids is 1. The summed E-state index contributed by atoms with van der Waals surface area (Å²) in [6.07, 6.45) is 2.58. The van der Waals surface area contributed by atoms with Gasteiger partial charge in [0.05, 0.1) is 5.92 Å². The second-order valence-electron chi connectivity index (χ2n) is 6.47. The maximum absolute atomic E-state index is 12.4. The quantitative estimate of drug-likeness (QED) is 0.828. The van der Waals surface area contributed by atoms with Crippen molar-refractivity contribution in [2.75, 3.05) is 26.3 Å². The van der Waals surface area contributed by atoms with Gasteiger partial charge in [0.1, 0.15) is 0 Å². The number of rotatable bonds is 3. The van der Waals surface area contributed by atoms with Crippen LogP contribution in [0.5, 0.6) is 0 Å². The molecule has 2 N–H and O–H groups in total. The molecule has 0 aromatic heterocycles. The molecule has 0 bridgehead atoms. The van der Waals surface area contributed by atoms with Gasteiger partial charge < -0.3 is 20.1 Å². The SMILES string of the molecule is CC1CC(C(=O)O)CN(C(=O)NC(C)C2CCOCC2)C1. The molecular weight excluding hydrogens is 272 g/mol. The minimum absolute atomic E-state index is 0.0990. The van der Waals surface area contributed by atoms with Gasteiger partial charge in [0.25, 0.3) is 0 Å². The van der Waals surface area contributed by atoms with Gasteiger partial charge in [0, 0.05) is 32.3 Å². The Morgan fingerprint density at radius 2 is 1.95 bits per heavy atom. The van der Waals surface area contributed by atoms with Crippen LogP contribution < -0.4 is 5.32 Å². The van der Waals surface area contributed by atoms with Crippen molar-refractivity contribution in [3.8, 4) is 0 Å². The van der Waals surface area contributed by atoms with Gasteiger partial charge in [-0.2, -0.15) is 0 Å². The van der Waals surface area contributed by atoms with Crippen LogP contribution in [0.25, 0.3) is 0 Å². The predicted octanol–water partition coefficient (Wildman–Crippen LogP) is 1.55.